The molecule has 38 heavy (non-hydrogen) atoms. The standard InChI is InChI=1S/C22H24F3N5O.C2HF3O2/c1-31-11-8-27-21-22(29-19-13-26-7-4-18(19)28-21)30-9-5-14(6-10-30)20(25)16-3-2-15(23)12-17(16)24;3-2(4,5)1(6)7/h2-4,7,12-14,20H,5-6,8-11H2,1H3,(H,27,28);(H,6,7). The van der Waals surface area contributed by atoms with Crippen molar-refractivity contribution in [3.8, 4) is 0 Å². The van der Waals surface area contributed by atoms with E-state index in [4.69, 9.17) is 19.6 Å². The third-order valence-electron chi connectivity index (χ3n) is 5.80. The number of aromatic nitrogens is 3. The molecule has 14 heteroatoms. The Morgan fingerprint density at radius 3 is 2.47 bits per heavy atom. The number of piperidine rings is 1. The van der Waals surface area contributed by atoms with Crippen LogP contribution in [0.25, 0.3) is 11.0 Å². The highest BCUT2D eigenvalue weighted by molar-refractivity contribution is 5.79. The van der Waals surface area contributed by atoms with Crippen molar-refractivity contribution in [2.45, 2.75) is 25.2 Å². The van der Waals surface area contributed by atoms with Gasteiger partial charge in [0.25, 0.3) is 0 Å². The molecule has 1 atom stereocenters. The predicted molar refractivity (Wildman–Crippen MR) is 127 cm³/mol. The van der Waals surface area contributed by atoms with Crippen LogP contribution in [0.2, 0.25) is 0 Å². The van der Waals surface area contributed by atoms with Crippen LogP contribution in [0.1, 0.15) is 24.6 Å². The van der Waals surface area contributed by atoms with Crippen molar-refractivity contribution in [3.63, 3.8) is 0 Å². The van der Waals surface area contributed by atoms with Crippen molar-refractivity contribution in [1.29, 1.82) is 0 Å². The Morgan fingerprint density at radius 1 is 1.18 bits per heavy atom. The normalized spacial score (nSPS) is 15.1. The molecule has 1 aliphatic heterocycles. The van der Waals surface area contributed by atoms with Gasteiger partial charge in [0.05, 0.1) is 18.3 Å². The number of carboxylic acid groups (broad SMARTS) is 1. The van der Waals surface area contributed by atoms with Crippen LogP contribution in [-0.4, -0.2) is 65.6 Å². The van der Waals surface area contributed by atoms with Crippen LogP contribution in [0, 0.1) is 17.6 Å². The molecule has 2 N–H and O–H groups in total. The third kappa shape index (κ3) is 7.43. The number of ether oxygens (including phenoxy) is 1. The highest BCUT2D eigenvalue weighted by atomic mass is 19.4. The van der Waals surface area contributed by atoms with E-state index >= 15 is 0 Å². The summed E-state index contributed by atoms with van der Waals surface area (Å²) >= 11 is 0. The first-order chi connectivity index (χ1) is 18.0. The van der Waals surface area contributed by atoms with E-state index in [2.05, 4.69) is 20.2 Å². The van der Waals surface area contributed by atoms with Crippen LogP contribution in [0.5, 0.6) is 0 Å². The molecule has 1 saturated heterocycles. The van der Waals surface area contributed by atoms with Crippen molar-refractivity contribution in [3.05, 3.63) is 53.9 Å². The van der Waals surface area contributed by atoms with Crippen LogP contribution in [0.3, 0.4) is 0 Å². The number of hydrogen-bond acceptors (Lipinski definition) is 7. The number of benzene rings is 1. The minimum absolute atomic E-state index is 0.0849. The van der Waals surface area contributed by atoms with Gasteiger partial charge in [-0.15, -0.1) is 0 Å². The summed E-state index contributed by atoms with van der Waals surface area (Å²) in [6.45, 7) is 2.19. The largest absolute Gasteiger partial charge is 0.490 e. The number of nitrogens with zero attached hydrogens (tertiary/aromatic N) is 4. The van der Waals surface area contributed by atoms with Crippen LogP contribution >= 0.6 is 0 Å². The van der Waals surface area contributed by atoms with E-state index in [1.807, 2.05) is 0 Å². The van der Waals surface area contributed by atoms with E-state index in [9.17, 15) is 26.3 Å². The third-order valence-corrected chi connectivity index (χ3v) is 5.80. The molecule has 4 rings (SSSR count). The number of hydrogen-bond donors (Lipinski definition) is 2. The number of alkyl halides is 4. The molecular weight excluding hydrogens is 520 g/mol. The van der Waals surface area contributed by atoms with Crippen molar-refractivity contribution in [1.82, 2.24) is 15.0 Å². The molecule has 3 aromatic rings. The fourth-order valence-electron chi connectivity index (χ4n) is 3.89. The lowest BCUT2D eigenvalue weighted by molar-refractivity contribution is -0.192. The van der Waals surface area contributed by atoms with Gasteiger partial charge in [0.1, 0.15) is 23.3 Å². The number of aliphatic carboxylic acids is 1. The molecule has 206 valence electrons. The Morgan fingerprint density at radius 2 is 1.87 bits per heavy atom. The molecule has 0 radical (unpaired) electrons. The first-order valence-electron chi connectivity index (χ1n) is 11.5. The average Bonchev–Trinajstić information content (AvgIpc) is 2.88. The van der Waals surface area contributed by atoms with Crippen molar-refractivity contribution in [2.24, 2.45) is 5.92 Å². The van der Waals surface area contributed by atoms with E-state index in [1.54, 1.807) is 25.6 Å². The van der Waals surface area contributed by atoms with Crippen LogP contribution in [0.15, 0.2) is 36.7 Å². The monoisotopic (exact) mass is 545 g/mol. The van der Waals surface area contributed by atoms with Gasteiger partial charge in [0.2, 0.25) is 0 Å². The molecule has 1 aliphatic rings. The van der Waals surface area contributed by atoms with Gasteiger partial charge in [-0.2, -0.15) is 13.2 Å². The number of carbonyl (C=O) groups is 1. The Labute approximate surface area is 213 Å². The zero-order valence-electron chi connectivity index (χ0n) is 20.2. The molecule has 0 amide bonds. The Kier molecular flexibility index (Phi) is 9.66. The minimum atomic E-state index is -5.08. The van der Waals surface area contributed by atoms with Crippen molar-refractivity contribution < 1.29 is 41.0 Å². The number of methoxy groups -OCH3 is 1. The Hall–Kier alpha value is -3.68. The summed E-state index contributed by atoms with van der Waals surface area (Å²) in [7, 11) is 1.63. The fourth-order valence-corrected chi connectivity index (χ4v) is 3.89. The van der Waals surface area contributed by atoms with Gasteiger partial charge in [-0.3, -0.25) is 4.98 Å². The first-order valence-corrected chi connectivity index (χ1v) is 11.5. The van der Waals surface area contributed by atoms with Crippen LogP contribution in [-0.2, 0) is 9.53 Å². The SMILES string of the molecule is COCCNc1nc2ccncc2nc1N1CCC(C(F)c2ccc(F)cc2F)CC1.O=C(O)C(F)(F)F. The second-order valence-electron chi connectivity index (χ2n) is 8.37. The maximum atomic E-state index is 15.0. The number of fused-ring (bicyclic) bond motifs is 1. The van der Waals surface area contributed by atoms with Gasteiger partial charge in [-0.05, 0) is 30.9 Å². The lowest BCUT2D eigenvalue weighted by atomic mass is 9.88. The molecule has 0 bridgehead atoms. The maximum absolute atomic E-state index is 15.0. The van der Waals surface area contributed by atoms with Gasteiger partial charge in [0.15, 0.2) is 11.6 Å². The predicted octanol–water partition coefficient (Wildman–Crippen LogP) is 4.92. The quantitative estimate of drug-likeness (QED) is 0.319. The molecule has 0 saturated carbocycles. The highest BCUT2D eigenvalue weighted by Crippen LogP contribution is 2.37. The molecule has 0 aliphatic carbocycles. The van der Waals surface area contributed by atoms with Gasteiger partial charge in [-0.1, -0.05) is 6.07 Å². The van der Waals surface area contributed by atoms with Crippen LogP contribution < -0.4 is 10.2 Å². The molecule has 0 spiro atoms. The van der Waals surface area contributed by atoms with Crippen molar-refractivity contribution in [2.75, 3.05) is 43.6 Å². The Balaban J connectivity index is 0.000000505. The van der Waals surface area contributed by atoms with Gasteiger partial charge >= 0.3 is 12.1 Å². The molecular formula is C24H25F6N5O3. The maximum Gasteiger partial charge on any atom is 0.490 e. The van der Waals surface area contributed by atoms with E-state index in [1.165, 1.54) is 6.07 Å². The number of anilines is 2. The summed E-state index contributed by atoms with van der Waals surface area (Å²) in [6.07, 6.45) is -2.21. The smallest absolute Gasteiger partial charge is 0.475 e. The van der Waals surface area contributed by atoms with E-state index in [-0.39, 0.29) is 11.5 Å². The van der Waals surface area contributed by atoms with E-state index in [0.717, 1.165) is 17.6 Å². The summed E-state index contributed by atoms with van der Waals surface area (Å²) in [6, 6.07) is 4.82. The molecule has 3 heterocycles. The summed E-state index contributed by atoms with van der Waals surface area (Å²) in [4.78, 5) is 24.5. The highest BCUT2D eigenvalue weighted by Gasteiger charge is 2.38. The van der Waals surface area contributed by atoms with Gasteiger partial charge < -0.3 is 20.1 Å². The first kappa shape index (κ1) is 28.9. The van der Waals surface area contributed by atoms with E-state index < -0.39 is 30.0 Å². The number of rotatable bonds is 7. The second-order valence-corrected chi connectivity index (χ2v) is 8.37. The summed E-state index contributed by atoms with van der Waals surface area (Å²) < 4.78 is 79.0. The van der Waals surface area contributed by atoms with E-state index in [0.29, 0.717) is 56.2 Å². The summed E-state index contributed by atoms with van der Waals surface area (Å²) in [5.74, 6) is -3.34. The zero-order chi connectivity index (χ0) is 27.9. The molecule has 1 unspecified atom stereocenters. The lowest BCUT2D eigenvalue weighted by Gasteiger charge is -2.35. The number of carboxylic acids is 1. The topological polar surface area (TPSA) is 100 Å². The molecule has 8 nitrogen and oxygen atoms in total. The van der Waals surface area contributed by atoms with Crippen molar-refractivity contribution >= 4 is 28.6 Å². The number of pyridine rings is 1. The second kappa shape index (κ2) is 12.7. The number of halogens is 6. The molecule has 2 aromatic heterocycles. The minimum Gasteiger partial charge on any atom is -0.475 e. The summed E-state index contributed by atoms with van der Waals surface area (Å²) in [5, 5.41) is 10.4. The lowest BCUT2D eigenvalue weighted by Crippen LogP contribution is -2.36. The Bertz CT molecular complexity index is 1240. The molecule has 1 aromatic carbocycles. The molecule has 1 fully saturated rings. The summed E-state index contributed by atoms with van der Waals surface area (Å²) in [5.41, 5.74) is 1.32. The van der Waals surface area contributed by atoms with Gasteiger partial charge in [-0.25, -0.2) is 27.9 Å². The van der Waals surface area contributed by atoms with Gasteiger partial charge in [0, 0.05) is 44.6 Å². The average molecular weight is 545 g/mol. The fraction of sp³-hybridized carbons (Fsp3) is 0.417. The zero-order valence-corrected chi connectivity index (χ0v) is 20.2. The van der Waals surface area contributed by atoms with Crippen LogP contribution in [0.4, 0.5) is 38.0 Å². The number of nitrogens with one attached hydrogen (secondary N) is 1.